The second-order valence-electron chi connectivity index (χ2n) is 5.82. The van der Waals surface area contributed by atoms with Gasteiger partial charge in [-0.1, -0.05) is 6.92 Å². The lowest BCUT2D eigenvalue weighted by Gasteiger charge is -2.09. The average molecular weight is 375 g/mol. The zero-order valence-corrected chi connectivity index (χ0v) is 14.5. The number of ether oxygens (including phenoxy) is 1. The summed E-state index contributed by atoms with van der Waals surface area (Å²) in [6, 6.07) is 5.48. The van der Waals surface area contributed by atoms with Crippen LogP contribution in [0.3, 0.4) is 0 Å². The molecule has 0 aliphatic heterocycles. The van der Waals surface area contributed by atoms with Gasteiger partial charge in [-0.05, 0) is 30.7 Å². The van der Waals surface area contributed by atoms with Crippen molar-refractivity contribution in [2.45, 2.75) is 32.6 Å². The molecule has 3 N–H and O–H groups in total. The third-order valence-corrected chi connectivity index (χ3v) is 3.81. The molecule has 0 aliphatic carbocycles. The fourth-order valence-electron chi connectivity index (χ4n) is 2.36. The van der Waals surface area contributed by atoms with Gasteiger partial charge < -0.3 is 14.8 Å². The van der Waals surface area contributed by atoms with E-state index in [0.29, 0.717) is 12.2 Å². The van der Waals surface area contributed by atoms with Crippen molar-refractivity contribution in [3.8, 4) is 17.1 Å². The summed E-state index contributed by atoms with van der Waals surface area (Å²) >= 11 is 0. The minimum absolute atomic E-state index is 0.0187. The molecule has 1 atom stereocenters. The lowest BCUT2D eigenvalue weighted by Crippen LogP contribution is -2.24. The Hall–Kier alpha value is -3.27. The van der Waals surface area contributed by atoms with Crippen LogP contribution in [0, 0.1) is 5.82 Å². The molecule has 0 amide bonds. The Morgan fingerprint density at radius 2 is 2.04 bits per heavy atom. The van der Waals surface area contributed by atoms with Gasteiger partial charge >= 0.3 is 5.69 Å². The van der Waals surface area contributed by atoms with Crippen LogP contribution in [-0.4, -0.2) is 35.9 Å². The standard InChI is InChI=1S/C17H18FN5O4/c1-2-11(24)8-23-15(13-7-19-17(26)21-16(13)25)20-14(22-23)9-27-12-5-3-10(18)4-6-12/h3-7,11,24H,2,8-9H2,1H3,(H2,19,21,25,26)/t11-/m1/s1. The Morgan fingerprint density at radius 3 is 2.70 bits per heavy atom. The van der Waals surface area contributed by atoms with Gasteiger partial charge in [0.2, 0.25) is 0 Å². The van der Waals surface area contributed by atoms with E-state index >= 15 is 0 Å². The van der Waals surface area contributed by atoms with Gasteiger partial charge in [-0.2, -0.15) is 5.10 Å². The van der Waals surface area contributed by atoms with Gasteiger partial charge in [0.05, 0.1) is 12.6 Å². The van der Waals surface area contributed by atoms with Crippen molar-refractivity contribution in [3.05, 3.63) is 62.9 Å². The highest BCUT2D eigenvalue weighted by Gasteiger charge is 2.17. The molecule has 0 spiro atoms. The average Bonchev–Trinajstić information content (AvgIpc) is 3.03. The van der Waals surface area contributed by atoms with Gasteiger partial charge in [0.25, 0.3) is 5.56 Å². The van der Waals surface area contributed by atoms with Gasteiger partial charge in [-0.25, -0.2) is 18.9 Å². The van der Waals surface area contributed by atoms with E-state index in [1.54, 1.807) is 0 Å². The van der Waals surface area contributed by atoms with E-state index in [1.165, 1.54) is 35.1 Å². The van der Waals surface area contributed by atoms with Crippen molar-refractivity contribution in [2.75, 3.05) is 0 Å². The van der Waals surface area contributed by atoms with Gasteiger partial charge in [0, 0.05) is 6.20 Å². The Morgan fingerprint density at radius 1 is 1.30 bits per heavy atom. The summed E-state index contributed by atoms with van der Waals surface area (Å²) in [4.78, 5) is 32.1. The summed E-state index contributed by atoms with van der Waals surface area (Å²) in [5, 5.41) is 14.2. The quantitative estimate of drug-likeness (QED) is 0.561. The first-order valence-electron chi connectivity index (χ1n) is 8.28. The number of nitrogens with zero attached hydrogens (tertiary/aromatic N) is 3. The summed E-state index contributed by atoms with van der Waals surface area (Å²) < 4.78 is 19.9. The first kappa shape index (κ1) is 18.5. The SMILES string of the molecule is CC[C@@H](O)Cn1nc(COc2ccc(F)cc2)nc1-c1c[nH]c(=O)[nH]c1=O. The molecule has 10 heteroatoms. The Bertz CT molecular complexity index is 1020. The molecule has 142 valence electrons. The number of H-pyrrole nitrogens is 2. The number of aromatic amines is 2. The smallest absolute Gasteiger partial charge is 0.325 e. The first-order valence-corrected chi connectivity index (χ1v) is 8.28. The maximum atomic E-state index is 13.0. The highest BCUT2D eigenvalue weighted by atomic mass is 19.1. The van der Waals surface area contributed by atoms with E-state index in [9.17, 15) is 19.1 Å². The van der Waals surface area contributed by atoms with E-state index in [1.807, 2.05) is 6.92 Å². The largest absolute Gasteiger partial charge is 0.486 e. The van der Waals surface area contributed by atoms with Crippen LogP contribution in [0.5, 0.6) is 5.75 Å². The number of aliphatic hydroxyl groups is 1. The second-order valence-corrected chi connectivity index (χ2v) is 5.82. The molecule has 9 nitrogen and oxygen atoms in total. The molecule has 2 aromatic heterocycles. The molecule has 2 heterocycles. The fourth-order valence-corrected chi connectivity index (χ4v) is 2.36. The maximum Gasteiger partial charge on any atom is 0.325 e. The maximum absolute atomic E-state index is 13.0. The van der Waals surface area contributed by atoms with Crippen molar-refractivity contribution >= 4 is 0 Å². The van der Waals surface area contributed by atoms with E-state index in [2.05, 4.69) is 20.1 Å². The van der Waals surface area contributed by atoms with Crippen molar-refractivity contribution in [1.29, 1.82) is 0 Å². The van der Waals surface area contributed by atoms with Gasteiger partial charge in [-0.3, -0.25) is 9.78 Å². The zero-order chi connectivity index (χ0) is 19.4. The lowest BCUT2D eigenvalue weighted by atomic mass is 10.2. The Balaban J connectivity index is 1.90. The molecule has 0 radical (unpaired) electrons. The van der Waals surface area contributed by atoms with Crippen molar-refractivity contribution in [3.63, 3.8) is 0 Å². The van der Waals surface area contributed by atoms with Crippen LogP contribution >= 0.6 is 0 Å². The lowest BCUT2D eigenvalue weighted by molar-refractivity contribution is 0.145. The minimum atomic E-state index is -0.682. The molecule has 0 unspecified atom stereocenters. The molecule has 0 fully saturated rings. The van der Waals surface area contributed by atoms with Crippen LogP contribution in [0.15, 0.2) is 40.1 Å². The first-order chi connectivity index (χ1) is 13.0. The number of benzene rings is 1. The predicted octanol–water partition coefficient (Wildman–Crippen LogP) is 0.811. The molecule has 1 aromatic carbocycles. The van der Waals surface area contributed by atoms with Crippen LogP contribution in [-0.2, 0) is 13.2 Å². The van der Waals surface area contributed by atoms with Gasteiger partial charge in [-0.15, -0.1) is 0 Å². The fraction of sp³-hybridized carbons (Fsp3) is 0.294. The molecular formula is C17H18FN5O4. The Kier molecular flexibility index (Phi) is 5.46. The molecule has 0 bridgehead atoms. The number of hydrogen-bond acceptors (Lipinski definition) is 6. The highest BCUT2D eigenvalue weighted by molar-refractivity contribution is 5.51. The van der Waals surface area contributed by atoms with Gasteiger partial charge in [0.15, 0.2) is 11.6 Å². The number of nitrogens with one attached hydrogen (secondary N) is 2. The third-order valence-electron chi connectivity index (χ3n) is 3.81. The molecule has 0 saturated carbocycles. The van der Waals surface area contributed by atoms with Crippen LogP contribution < -0.4 is 16.0 Å². The van der Waals surface area contributed by atoms with Crippen molar-refractivity contribution in [2.24, 2.45) is 0 Å². The monoisotopic (exact) mass is 375 g/mol. The summed E-state index contributed by atoms with van der Waals surface area (Å²) in [5.74, 6) is 0.517. The normalized spacial score (nSPS) is 12.1. The van der Waals surface area contributed by atoms with Crippen LogP contribution in [0.2, 0.25) is 0 Å². The number of aliphatic hydroxyl groups excluding tert-OH is 1. The van der Waals surface area contributed by atoms with Crippen molar-refractivity contribution < 1.29 is 14.2 Å². The van der Waals surface area contributed by atoms with E-state index < -0.39 is 17.4 Å². The van der Waals surface area contributed by atoms with E-state index in [0.717, 1.165) is 0 Å². The molecule has 27 heavy (non-hydrogen) atoms. The summed E-state index contributed by atoms with van der Waals surface area (Å²) in [7, 11) is 0. The summed E-state index contributed by atoms with van der Waals surface area (Å²) in [6.45, 7) is 1.91. The van der Waals surface area contributed by atoms with E-state index in [4.69, 9.17) is 4.74 Å². The minimum Gasteiger partial charge on any atom is -0.486 e. The number of rotatable bonds is 7. The van der Waals surface area contributed by atoms with Crippen LogP contribution in [0.4, 0.5) is 4.39 Å². The van der Waals surface area contributed by atoms with Crippen molar-refractivity contribution in [1.82, 2.24) is 24.7 Å². The number of aromatic nitrogens is 5. The Labute approximate surface area is 152 Å². The highest BCUT2D eigenvalue weighted by Crippen LogP contribution is 2.16. The summed E-state index contributed by atoms with van der Waals surface area (Å²) in [5.41, 5.74) is -1.15. The third kappa shape index (κ3) is 4.47. The van der Waals surface area contributed by atoms with E-state index in [-0.39, 0.29) is 36.2 Å². The molecule has 3 aromatic rings. The molecular weight excluding hydrogens is 357 g/mol. The second kappa shape index (κ2) is 7.96. The predicted molar refractivity (Wildman–Crippen MR) is 93.7 cm³/mol. The van der Waals surface area contributed by atoms with Crippen LogP contribution in [0.1, 0.15) is 19.2 Å². The molecule has 3 rings (SSSR count). The van der Waals surface area contributed by atoms with Gasteiger partial charge in [0.1, 0.15) is 23.7 Å². The summed E-state index contributed by atoms with van der Waals surface area (Å²) in [6.07, 6.45) is 1.05. The molecule has 0 saturated heterocycles. The topological polar surface area (TPSA) is 126 Å². The number of halogens is 1. The molecule has 0 aliphatic rings. The number of hydrogen-bond donors (Lipinski definition) is 3. The zero-order valence-electron chi connectivity index (χ0n) is 14.5. The van der Waals surface area contributed by atoms with Crippen LogP contribution in [0.25, 0.3) is 11.4 Å².